The van der Waals surface area contributed by atoms with Gasteiger partial charge in [0.25, 0.3) is 0 Å². The average molecular weight is 377 g/mol. The first-order chi connectivity index (χ1) is 13.2. The second kappa shape index (κ2) is 9.53. The summed E-state index contributed by atoms with van der Waals surface area (Å²) in [7, 11) is 0. The van der Waals surface area contributed by atoms with Gasteiger partial charge in [-0.05, 0) is 33.1 Å². The molecular formula is C20H36N6O. The highest BCUT2D eigenvalue weighted by Gasteiger charge is 2.55. The number of guanidine groups is 1. The number of hydrogen-bond acceptors (Lipinski definition) is 4. The summed E-state index contributed by atoms with van der Waals surface area (Å²) in [6.07, 6.45) is 10.7. The fourth-order valence-corrected chi connectivity index (χ4v) is 4.76. The number of aliphatic imine (C=N–C) groups is 1. The molecule has 1 heterocycles. The van der Waals surface area contributed by atoms with Gasteiger partial charge in [-0.3, -0.25) is 4.99 Å². The van der Waals surface area contributed by atoms with Crippen molar-refractivity contribution in [3.05, 3.63) is 12.2 Å². The minimum absolute atomic E-state index is 0.300. The molecule has 2 N–H and O–H groups in total. The van der Waals surface area contributed by atoms with E-state index >= 15 is 0 Å². The van der Waals surface area contributed by atoms with E-state index in [2.05, 4.69) is 46.2 Å². The maximum atomic E-state index is 6.08. The Kier molecular flexibility index (Phi) is 7.10. The zero-order valence-electron chi connectivity index (χ0n) is 17.2. The van der Waals surface area contributed by atoms with Gasteiger partial charge in [-0.1, -0.05) is 26.2 Å². The van der Waals surface area contributed by atoms with Gasteiger partial charge in [0, 0.05) is 37.6 Å². The summed E-state index contributed by atoms with van der Waals surface area (Å²) in [5.41, 5.74) is 0.300. The quantitative estimate of drug-likeness (QED) is 0.539. The van der Waals surface area contributed by atoms with E-state index in [4.69, 9.17) is 9.73 Å². The molecule has 2 unspecified atom stereocenters. The first-order valence-electron chi connectivity index (χ1n) is 10.8. The first kappa shape index (κ1) is 20.1. The summed E-state index contributed by atoms with van der Waals surface area (Å²) in [4.78, 5) is 4.81. The van der Waals surface area contributed by atoms with E-state index in [0.717, 1.165) is 50.9 Å². The molecule has 1 aromatic rings. The van der Waals surface area contributed by atoms with E-state index in [1.54, 1.807) is 6.33 Å². The Bertz CT molecular complexity index is 607. The normalized spacial score (nSPS) is 24.6. The Morgan fingerprint density at radius 2 is 2.11 bits per heavy atom. The minimum atomic E-state index is 0.300. The minimum Gasteiger partial charge on any atom is -0.378 e. The van der Waals surface area contributed by atoms with Crippen molar-refractivity contribution < 1.29 is 4.74 Å². The zero-order valence-corrected chi connectivity index (χ0v) is 17.2. The smallest absolute Gasteiger partial charge is 0.191 e. The van der Waals surface area contributed by atoms with E-state index in [1.807, 2.05) is 0 Å². The average Bonchev–Trinajstić information content (AvgIpc) is 3.15. The molecule has 152 valence electrons. The molecular weight excluding hydrogens is 340 g/mol. The van der Waals surface area contributed by atoms with Crippen molar-refractivity contribution in [2.24, 2.45) is 10.4 Å². The molecule has 0 amide bonds. The van der Waals surface area contributed by atoms with Crippen LogP contribution in [0.4, 0.5) is 0 Å². The van der Waals surface area contributed by atoms with Crippen LogP contribution in [-0.4, -0.2) is 52.6 Å². The third-order valence-electron chi connectivity index (χ3n) is 6.22. The fourth-order valence-electron chi connectivity index (χ4n) is 4.76. The Labute approximate surface area is 163 Å². The maximum absolute atomic E-state index is 6.08. The van der Waals surface area contributed by atoms with Crippen LogP contribution in [0, 0.1) is 5.41 Å². The molecule has 2 aliphatic rings. The second-order valence-electron chi connectivity index (χ2n) is 7.73. The summed E-state index contributed by atoms with van der Waals surface area (Å²) in [6.45, 7) is 9.54. The maximum Gasteiger partial charge on any atom is 0.191 e. The van der Waals surface area contributed by atoms with Crippen LogP contribution < -0.4 is 10.6 Å². The van der Waals surface area contributed by atoms with Gasteiger partial charge in [-0.15, -0.1) is 10.2 Å². The van der Waals surface area contributed by atoms with Gasteiger partial charge in [-0.2, -0.15) is 0 Å². The van der Waals surface area contributed by atoms with Gasteiger partial charge in [0.05, 0.1) is 12.6 Å². The van der Waals surface area contributed by atoms with Crippen LogP contribution in [0.2, 0.25) is 0 Å². The third kappa shape index (κ3) is 4.45. The number of nitrogens with one attached hydrogen (secondary N) is 2. The van der Waals surface area contributed by atoms with Crippen LogP contribution in [0.5, 0.6) is 0 Å². The van der Waals surface area contributed by atoms with Crippen LogP contribution in [-0.2, 0) is 17.7 Å². The molecule has 1 spiro atoms. The van der Waals surface area contributed by atoms with Crippen molar-refractivity contribution in [3.8, 4) is 0 Å². The molecule has 7 nitrogen and oxygen atoms in total. The van der Waals surface area contributed by atoms with Crippen LogP contribution in [0.1, 0.15) is 65.1 Å². The van der Waals surface area contributed by atoms with Gasteiger partial charge in [-0.25, -0.2) is 0 Å². The summed E-state index contributed by atoms with van der Waals surface area (Å²) in [6, 6.07) is 0.466. The van der Waals surface area contributed by atoms with Gasteiger partial charge in [0.2, 0.25) is 0 Å². The number of hydrogen-bond donors (Lipinski definition) is 2. The van der Waals surface area contributed by atoms with Gasteiger partial charge in [0.1, 0.15) is 12.2 Å². The molecule has 1 aromatic heterocycles. The number of rotatable bonds is 8. The molecule has 0 bridgehead atoms. The number of ether oxygens (including phenoxy) is 1. The number of aromatic nitrogens is 3. The van der Waals surface area contributed by atoms with Crippen LogP contribution in [0.15, 0.2) is 11.3 Å². The first-order valence-corrected chi connectivity index (χ1v) is 10.8. The van der Waals surface area contributed by atoms with Crippen molar-refractivity contribution in [2.75, 3.05) is 19.7 Å². The molecule has 2 aliphatic carbocycles. The van der Waals surface area contributed by atoms with Crippen molar-refractivity contribution in [1.82, 2.24) is 25.4 Å². The number of nitrogens with zero attached hydrogens (tertiary/aromatic N) is 4. The molecule has 0 aliphatic heterocycles. The number of aryl methyl sites for hydroxylation is 1. The van der Waals surface area contributed by atoms with E-state index in [1.165, 1.54) is 32.1 Å². The molecule has 0 radical (unpaired) electrons. The lowest BCUT2D eigenvalue weighted by atomic mass is 9.55. The predicted octanol–water partition coefficient (Wildman–Crippen LogP) is 2.52. The van der Waals surface area contributed by atoms with Gasteiger partial charge >= 0.3 is 0 Å². The van der Waals surface area contributed by atoms with Crippen LogP contribution >= 0.6 is 0 Å². The molecule has 27 heavy (non-hydrogen) atoms. The Morgan fingerprint density at radius 1 is 1.30 bits per heavy atom. The Hall–Kier alpha value is -1.63. The highest BCUT2D eigenvalue weighted by Crippen LogP contribution is 2.53. The van der Waals surface area contributed by atoms with Crippen molar-refractivity contribution in [1.29, 1.82) is 0 Å². The lowest BCUT2D eigenvalue weighted by molar-refractivity contribution is -0.145. The highest BCUT2D eigenvalue weighted by atomic mass is 16.5. The van der Waals surface area contributed by atoms with E-state index < -0.39 is 0 Å². The van der Waals surface area contributed by atoms with E-state index in [0.29, 0.717) is 17.6 Å². The fraction of sp³-hybridized carbons (Fsp3) is 0.850. The Balaban J connectivity index is 1.61. The van der Waals surface area contributed by atoms with Crippen LogP contribution in [0.25, 0.3) is 0 Å². The molecule has 0 saturated heterocycles. The molecule has 2 fully saturated rings. The summed E-state index contributed by atoms with van der Waals surface area (Å²) in [5, 5.41) is 15.3. The molecule has 2 atom stereocenters. The van der Waals surface area contributed by atoms with Crippen molar-refractivity contribution >= 4 is 5.96 Å². The largest absolute Gasteiger partial charge is 0.378 e. The van der Waals surface area contributed by atoms with Crippen LogP contribution in [0.3, 0.4) is 0 Å². The van der Waals surface area contributed by atoms with E-state index in [9.17, 15) is 0 Å². The second-order valence-corrected chi connectivity index (χ2v) is 7.73. The lowest BCUT2D eigenvalue weighted by Gasteiger charge is -2.58. The summed E-state index contributed by atoms with van der Waals surface area (Å²) in [5.74, 6) is 1.94. The standard InChI is InChI=1S/C20H36N6O/c1-4-18-25-23-15-26(18)13-12-22-19(21-5-2)24-16-14-17(27-6-3)20(16)10-8-7-9-11-20/h15-17H,4-14H2,1-3H3,(H2,21,22,24). The predicted molar refractivity (Wildman–Crippen MR) is 108 cm³/mol. The van der Waals surface area contributed by atoms with Gasteiger partial charge < -0.3 is 19.9 Å². The lowest BCUT2D eigenvalue weighted by Crippen LogP contribution is -2.66. The Morgan fingerprint density at radius 3 is 2.81 bits per heavy atom. The highest BCUT2D eigenvalue weighted by molar-refractivity contribution is 5.80. The molecule has 3 rings (SSSR count). The van der Waals surface area contributed by atoms with Crippen molar-refractivity contribution in [2.45, 2.75) is 84.4 Å². The summed E-state index contributed by atoms with van der Waals surface area (Å²) < 4.78 is 8.17. The third-order valence-corrected chi connectivity index (χ3v) is 6.22. The van der Waals surface area contributed by atoms with Crippen molar-refractivity contribution in [3.63, 3.8) is 0 Å². The molecule has 0 aromatic carbocycles. The zero-order chi connectivity index (χ0) is 19.1. The van der Waals surface area contributed by atoms with Gasteiger partial charge in [0.15, 0.2) is 5.96 Å². The van der Waals surface area contributed by atoms with E-state index in [-0.39, 0.29) is 0 Å². The monoisotopic (exact) mass is 376 g/mol. The molecule has 2 saturated carbocycles. The molecule has 7 heteroatoms. The SMILES string of the molecule is CCNC(=NCCn1cnnc1CC)NC1CC(OCC)C12CCCCC2. The topological polar surface area (TPSA) is 76.4 Å². The summed E-state index contributed by atoms with van der Waals surface area (Å²) >= 11 is 0.